The van der Waals surface area contributed by atoms with Gasteiger partial charge in [0.2, 0.25) is 0 Å². The summed E-state index contributed by atoms with van der Waals surface area (Å²) >= 11 is 0. The highest BCUT2D eigenvalue weighted by molar-refractivity contribution is 5.90. The molecule has 0 fully saturated rings. The third-order valence-corrected chi connectivity index (χ3v) is 1.98. The van der Waals surface area contributed by atoms with Crippen molar-refractivity contribution in [2.24, 2.45) is 0 Å². The van der Waals surface area contributed by atoms with Crippen LogP contribution in [0.1, 0.15) is 20.8 Å². The molecule has 0 saturated heterocycles. The first-order chi connectivity index (χ1) is 7.09. The summed E-state index contributed by atoms with van der Waals surface area (Å²) in [7, 11) is 0. The van der Waals surface area contributed by atoms with Crippen molar-refractivity contribution in [2.45, 2.75) is 0 Å². The van der Waals surface area contributed by atoms with E-state index >= 15 is 0 Å². The van der Waals surface area contributed by atoms with Gasteiger partial charge in [-0.1, -0.05) is 0 Å². The van der Waals surface area contributed by atoms with Gasteiger partial charge in [-0.15, -0.1) is 0 Å². The normalized spacial score (nSPS) is 10.4. The average Bonchev–Trinajstić information content (AvgIpc) is 2.59. The number of carbonyl (C=O) groups is 2. The number of aromatic carboxylic acids is 2. The first-order valence-corrected chi connectivity index (χ1v) is 4.03. The molecule has 76 valence electrons. The summed E-state index contributed by atoms with van der Waals surface area (Å²) in [4.78, 5) is 25.2. The van der Waals surface area contributed by atoms with Gasteiger partial charge < -0.3 is 10.2 Å². The smallest absolute Gasteiger partial charge is 0.354 e. The molecule has 2 rings (SSSR count). The van der Waals surface area contributed by atoms with Crippen molar-refractivity contribution in [1.82, 2.24) is 9.38 Å². The van der Waals surface area contributed by atoms with Gasteiger partial charge in [0.1, 0.15) is 5.65 Å². The lowest BCUT2D eigenvalue weighted by molar-refractivity contribution is 0.0683. The molecule has 0 spiro atoms. The minimum atomic E-state index is -1.11. The topological polar surface area (TPSA) is 91.9 Å². The standard InChI is InChI=1S/C9H6N2O4/c12-8(13)5-1-2-11-6(9(14)15)4-10-7(11)3-5/h1-4H,(H,12,13)(H,14,15). The van der Waals surface area contributed by atoms with E-state index in [1.54, 1.807) is 0 Å². The van der Waals surface area contributed by atoms with Gasteiger partial charge in [0, 0.05) is 6.20 Å². The molecule has 0 saturated carbocycles. The van der Waals surface area contributed by atoms with Crippen LogP contribution in [0.4, 0.5) is 0 Å². The quantitative estimate of drug-likeness (QED) is 0.755. The molecule has 2 aromatic heterocycles. The largest absolute Gasteiger partial charge is 0.478 e. The zero-order valence-corrected chi connectivity index (χ0v) is 7.41. The van der Waals surface area contributed by atoms with Crippen molar-refractivity contribution in [3.05, 3.63) is 35.8 Å². The molecule has 0 unspecified atom stereocenters. The first kappa shape index (κ1) is 9.20. The number of carboxylic acids is 2. The van der Waals surface area contributed by atoms with Gasteiger partial charge in [-0.05, 0) is 12.1 Å². The van der Waals surface area contributed by atoms with Crippen LogP contribution < -0.4 is 0 Å². The summed E-state index contributed by atoms with van der Waals surface area (Å²) < 4.78 is 1.31. The fourth-order valence-corrected chi connectivity index (χ4v) is 1.27. The van der Waals surface area contributed by atoms with E-state index in [4.69, 9.17) is 10.2 Å². The van der Waals surface area contributed by atoms with Crippen molar-refractivity contribution >= 4 is 17.6 Å². The molecule has 0 aliphatic heterocycles. The Hall–Kier alpha value is -2.37. The minimum absolute atomic E-state index is 0.00180. The molecule has 2 heterocycles. The lowest BCUT2D eigenvalue weighted by Gasteiger charge is -1.97. The molecule has 2 aromatic rings. The maximum atomic E-state index is 10.7. The molecule has 0 aromatic carbocycles. The zero-order chi connectivity index (χ0) is 11.0. The van der Waals surface area contributed by atoms with Crippen LogP contribution in [-0.4, -0.2) is 31.5 Å². The van der Waals surface area contributed by atoms with Crippen LogP contribution in [0.5, 0.6) is 0 Å². The SMILES string of the molecule is O=C(O)c1ccn2c(C(=O)O)cnc2c1. The van der Waals surface area contributed by atoms with Crippen molar-refractivity contribution < 1.29 is 19.8 Å². The Morgan fingerprint density at radius 1 is 1.27 bits per heavy atom. The Morgan fingerprint density at radius 3 is 2.60 bits per heavy atom. The summed E-state index contributed by atoms with van der Waals surface area (Å²) in [6.45, 7) is 0. The lowest BCUT2D eigenvalue weighted by atomic mass is 10.3. The third-order valence-electron chi connectivity index (χ3n) is 1.98. The number of carboxylic acid groups (broad SMARTS) is 2. The van der Waals surface area contributed by atoms with Crippen LogP contribution in [-0.2, 0) is 0 Å². The van der Waals surface area contributed by atoms with Crippen LogP contribution in [0.15, 0.2) is 24.5 Å². The van der Waals surface area contributed by atoms with Crippen molar-refractivity contribution in [2.75, 3.05) is 0 Å². The van der Waals surface area contributed by atoms with Crippen molar-refractivity contribution in [1.29, 1.82) is 0 Å². The Balaban J connectivity index is 2.66. The number of fused-ring (bicyclic) bond motifs is 1. The number of hydrogen-bond acceptors (Lipinski definition) is 3. The maximum absolute atomic E-state index is 10.7. The highest BCUT2D eigenvalue weighted by Gasteiger charge is 2.11. The first-order valence-electron chi connectivity index (χ1n) is 4.03. The second-order valence-electron chi connectivity index (χ2n) is 2.90. The Morgan fingerprint density at radius 2 is 2.00 bits per heavy atom. The highest BCUT2D eigenvalue weighted by atomic mass is 16.4. The minimum Gasteiger partial charge on any atom is -0.478 e. The van der Waals surface area contributed by atoms with Crippen molar-refractivity contribution in [3.8, 4) is 0 Å². The Labute approximate surface area is 83.4 Å². The summed E-state index contributed by atoms with van der Waals surface area (Å²) in [6.07, 6.45) is 2.55. The summed E-state index contributed by atoms with van der Waals surface area (Å²) in [6, 6.07) is 2.64. The van der Waals surface area contributed by atoms with Gasteiger partial charge >= 0.3 is 11.9 Å². The Bertz CT molecular complexity index is 558. The summed E-state index contributed by atoms with van der Waals surface area (Å²) in [5.74, 6) is -2.18. The van der Waals surface area contributed by atoms with Crippen molar-refractivity contribution in [3.63, 3.8) is 0 Å². The predicted molar refractivity (Wildman–Crippen MR) is 49.1 cm³/mol. The van der Waals surface area contributed by atoms with E-state index in [1.165, 1.54) is 28.9 Å². The number of aromatic nitrogens is 2. The van der Waals surface area contributed by atoms with E-state index in [2.05, 4.69) is 4.98 Å². The molecule has 6 nitrogen and oxygen atoms in total. The van der Waals surface area contributed by atoms with E-state index in [0.717, 1.165) is 0 Å². The van der Waals surface area contributed by atoms with Gasteiger partial charge in [-0.3, -0.25) is 4.40 Å². The Kier molecular flexibility index (Phi) is 1.89. The van der Waals surface area contributed by atoms with E-state index in [9.17, 15) is 9.59 Å². The lowest BCUT2D eigenvalue weighted by Crippen LogP contribution is -2.03. The van der Waals surface area contributed by atoms with Gasteiger partial charge in [0.05, 0.1) is 11.8 Å². The molecular formula is C9H6N2O4. The van der Waals surface area contributed by atoms with Crippen LogP contribution in [0.25, 0.3) is 5.65 Å². The average molecular weight is 206 g/mol. The van der Waals surface area contributed by atoms with E-state index < -0.39 is 11.9 Å². The molecule has 15 heavy (non-hydrogen) atoms. The van der Waals surface area contributed by atoms with Crippen LogP contribution in [0.3, 0.4) is 0 Å². The summed E-state index contributed by atoms with van der Waals surface area (Å²) in [5.41, 5.74) is 0.374. The van der Waals surface area contributed by atoms with Gasteiger partial charge in [-0.25, -0.2) is 14.6 Å². The number of pyridine rings is 1. The predicted octanol–water partition coefficient (Wildman–Crippen LogP) is 0.731. The van der Waals surface area contributed by atoms with Gasteiger partial charge in [0.15, 0.2) is 5.69 Å². The van der Waals surface area contributed by atoms with Gasteiger partial charge in [-0.2, -0.15) is 0 Å². The van der Waals surface area contributed by atoms with Gasteiger partial charge in [0.25, 0.3) is 0 Å². The number of hydrogen-bond donors (Lipinski definition) is 2. The fraction of sp³-hybridized carbons (Fsp3) is 0. The monoisotopic (exact) mass is 206 g/mol. The second kappa shape index (κ2) is 3.09. The molecule has 6 heteroatoms. The van der Waals surface area contributed by atoms with Crippen LogP contribution in [0, 0.1) is 0 Å². The summed E-state index contributed by atoms with van der Waals surface area (Å²) in [5, 5.41) is 17.5. The van der Waals surface area contributed by atoms with Crippen LogP contribution in [0.2, 0.25) is 0 Å². The van der Waals surface area contributed by atoms with E-state index in [-0.39, 0.29) is 11.3 Å². The number of imidazole rings is 1. The number of nitrogens with zero attached hydrogens (tertiary/aromatic N) is 2. The molecule has 2 N–H and O–H groups in total. The highest BCUT2D eigenvalue weighted by Crippen LogP contribution is 2.09. The second-order valence-corrected chi connectivity index (χ2v) is 2.90. The zero-order valence-electron chi connectivity index (χ0n) is 7.41. The number of rotatable bonds is 2. The molecule has 0 aliphatic carbocycles. The van der Waals surface area contributed by atoms with E-state index in [0.29, 0.717) is 5.65 Å². The van der Waals surface area contributed by atoms with Crippen LogP contribution >= 0.6 is 0 Å². The third kappa shape index (κ3) is 1.41. The molecule has 0 atom stereocenters. The molecular weight excluding hydrogens is 200 g/mol. The van der Waals surface area contributed by atoms with E-state index in [1.807, 2.05) is 0 Å². The molecule has 0 bridgehead atoms. The maximum Gasteiger partial charge on any atom is 0.354 e. The fourth-order valence-electron chi connectivity index (χ4n) is 1.27. The molecule has 0 aliphatic rings. The molecule has 0 radical (unpaired) electrons. The molecule has 0 amide bonds.